The molecule has 0 bridgehead atoms. The Morgan fingerprint density at radius 1 is 1.45 bits per heavy atom. The van der Waals surface area contributed by atoms with E-state index in [0.717, 1.165) is 0 Å². The number of phenols is 1. The number of rotatable bonds is 1. The molecule has 1 aliphatic heterocycles. The summed E-state index contributed by atoms with van der Waals surface area (Å²) in [7, 11) is 0. The highest BCUT2D eigenvalue weighted by Crippen LogP contribution is 2.35. The Labute approximate surface area is 118 Å². The summed E-state index contributed by atoms with van der Waals surface area (Å²) in [6.07, 6.45) is 0.226. The van der Waals surface area contributed by atoms with Crippen molar-refractivity contribution in [3.63, 3.8) is 0 Å². The highest BCUT2D eigenvalue weighted by molar-refractivity contribution is 5.68. The molecule has 0 aromatic heterocycles. The maximum absolute atomic E-state index is 13.8. The first-order chi connectivity index (χ1) is 9.28. The van der Waals surface area contributed by atoms with Gasteiger partial charge in [0.2, 0.25) is 0 Å². The lowest BCUT2D eigenvalue weighted by molar-refractivity contribution is 0.0292. The Balaban J connectivity index is 2.08. The highest BCUT2D eigenvalue weighted by atomic mass is 19.1. The average Bonchev–Trinajstić information content (AvgIpc) is 2.76. The quantitative estimate of drug-likeness (QED) is 0.859. The summed E-state index contributed by atoms with van der Waals surface area (Å²) in [5.41, 5.74) is -0.256. The predicted octanol–water partition coefficient (Wildman–Crippen LogP) is 3.26. The van der Waals surface area contributed by atoms with Crippen molar-refractivity contribution in [2.45, 2.75) is 38.7 Å². The zero-order valence-corrected chi connectivity index (χ0v) is 12.0. The van der Waals surface area contributed by atoms with Gasteiger partial charge >= 0.3 is 6.09 Å². The molecule has 0 spiro atoms. The number of phenolic OH excluding ortho intramolecular Hbond substituents is 1. The standard InChI is InChI=1S/C15H20FNO3/c1-15(2,3)20-14(19)17-8-7-10(9-17)13-11(16)5-4-6-12(13)18/h4-6,10,18H,7-9H2,1-3H3. The SMILES string of the molecule is CC(C)(C)OC(=O)N1CCC(c2c(O)cccc2F)C1. The van der Waals surface area contributed by atoms with Crippen LogP contribution in [0.25, 0.3) is 0 Å². The third kappa shape index (κ3) is 3.21. The van der Waals surface area contributed by atoms with Crippen molar-refractivity contribution < 1.29 is 19.0 Å². The number of halogens is 1. The summed E-state index contributed by atoms with van der Waals surface area (Å²) in [5.74, 6) is -0.675. The van der Waals surface area contributed by atoms with Crippen molar-refractivity contribution in [3.8, 4) is 5.75 Å². The van der Waals surface area contributed by atoms with Crippen LogP contribution in [0.1, 0.15) is 38.7 Å². The number of benzene rings is 1. The Kier molecular flexibility index (Phi) is 3.88. The minimum absolute atomic E-state index is 0.0546. The van der Waals surface area contributed by atoms with E-state index >= 15 is 0 Å². The summed E-state index contributed by atoms with van der Waals surface area (Å²) in [4.78, 5) is 13.5. The van der Waals surface area contributed by atoms with Gasteiger partial charge in [0.25, 0.3) is 0 Å². The van der Waals surface area contributed by atoms with Gasteiger partial charge in [0, 0.05) is 24.6 Å². The molecule has 4 nitrogen and oxygen atoms in total. The second-order valence-corrected chi connectivity index (χ2v) is 6.08. The van der Waals surface area contributed by atoms with E-state index in [1.165, 1.54) is 18.2 Å². The van der Waals surface area contributed by atoms with Crippen LogP contribution in [-0.2, 0) is 4.74 Å². The molecule has 1 heterocycles. The molecule has 0 radical (unpaired) electrons. The van der Waals surface area contributed by atoms with Crippen LogP contribution in [0.2, 0.25) is 0 Å². The van der Waals surface area contributed by atoms with E-state index in [0.29, 0.717) is 25.1 Å². The van der Waals surface area contributed by atoms with Crippen LogP contribution in [0.3, 0.4) is 0 Å². The van der Waals surface area contributed by atoms with Gasteiger partial charge < -0.3 is 14.7 Å². The number of carbonyl (C=O) groups excluding carboxylic acids is 1. The van der Waals surface area contributed by atoms with Gasteiger partial charge in [-0.2, -0.15) is 0 Å². The summed E-state index contributed by atoms with van der Waals surface area (Å²) in [6, 6.07) is 4.26. The van der Waals surface area contributed by atoms with Crippen molar-refractivity contribution in [1.82, 2.24) is 4.90 Å². The lowest BCUT2D eigenvalue weighted by atomic mass is 9.97. The van der Waals surface area contributed by atoms with Crippen molar-refractivity contribution in [1.29, 1.82) is 0 Å². The van der Waals surface area contributed by atoms with Crippen molar-refractivity contribution in [2.24, 2.45) is 0 Å². The number of likely N-dealkylation sites (tertiary alicyclic amines) is 1. The van der Waals surface area contributed by atoms with Crippen LogP contribution in [-0.4, -0.2) is 34.8 Å². The van der Waals surface area contributed by atoms with Gasteiger partial charge in [0.05, 0.1) is 0 Å². The number of nitrogens with zero attached hydrogens (tertiary/aromatic N) is 1. The van der Waals surface area contributed by atoms with E-state index in [4.69, 9.17) is 4.74 Å². The van der Waals surface area contributed by atoms with Crippen LogP contribution in [0.5, 0.6) is 5.75 Å². The number of hydrogen-bond donors (Lipinski definition) is 1. The molecule has 1 aromatic carbocycles. The molecule has 0 saturated carbocycles. The first-order valence-electron chi connectivity index (χ1n) is 6.73. The second-order valence-electron chi connectivity index (χ2n) is 6.08. The van der Waals surface area contributed by atoms with E-state index in [1.807, 2.05) is 0 Å². The minimum Gasteiger partial charge on any atom is -0.508 e. The molecule has 1 aliphatic rings. The third-order valence-corrected chi connectivity index (χ3v) is 3.28. The Bertz CT molecular complexity index is 490. The Morgan fingerprint density at radius 2 is 2.15 bits per heavy atom. The van der Waals surface area contributed by atoms with Gasteiger partial charge in [-0.3, -0.25) is 0 Å². The van der Waals surface area contributed by atoms with Gasteiger partial charge in [0.15, 0.2) is 0 Å². The monoisotopic (exact) mass is 281 g/mol. The average molecular weight is 281 g/mol. The highest BCUT2D eigenvalue weighted by Gasteiger charge is 2.32. The molecule has 5 heteroatoms. The fraction of sp³-hybridized carbons (Fsp3) is 0.533. The maximum atomic E-state index is 13.8. The lowest BCUT2D eigenvalue weighted by Crippen LogP contribution is -2.35. The molecule has 1 fully saturated rings. The first kappa shape index (κ1) is 14.6. The number of hydrogen-bond acceptors (Lipinski definition) is 3. The van der Waals surface area contributed by atoms with Crippen LogP contribution in [0.4, 0.5) is 9.18 Å². The summed E-state index contributed by atoms with van der Waals surface area (Å²) in [5, 5.41) is 9.79. The molecule has 1 amide bonds. The predicted molar refractivity (Wildman–Crippen MR) is 73.2 cm³/mol. The molecule has 1 saturated heterocycles. The fourth-order valence-electron chi connectivity index (χ4n) is 2.42. The lowest BCUT2D eigenvalue weighted by Gasteiger charge is -2.24. The largest absolute Gasteiger partial charge is 0.508 e. The van der Waals surface area contributed by atoms with Gasteiger partial charge in [-0.15, -0.1) is 0 Å². The summed E-state index contributed by atoms with van der Waals surface area (Å²) in [6.45, 7) is 6.29. The Morgan fingerprint density at radius 3 is 2.75 bits per heavy atom. The van der Waals surface area contributed by atoms with Crippen LogP contribution >= 0.6 is 0 Å². The van der Waals surface area contributed by atoms with E-state index in [1.54, 1.807) is 25.7 Å². The summed E-state index contributed by atoms with van der Waals surface area (Å²) < 4.78 is 19.1. The number of aromatic hydroxyl groups is 1. The van der Waals surface area contributed by atoms with Crippen LogP contribution in [0.15, 0.2) is 18.2 Å². The van der Waals surface area contributed by atoms with E-state index in [-0.39, 0.29) is 11.7 Å². The zero-order valence-electron chi connectivity index (χ0n) is 12.0. The molecular formula is C15H20FNO3. The van der Waals surface area contributed by atoms with Crippen molar-refractivity contribution in [2.75, 3.05) is 13.1 Å². The minimum atomic E-state index is -0.546. The normalized spacial score (nSPS) is 19.2. The number of amides is 1. The molecule has 1 atom stereocenters. The number of carbonyl (C=O) groups is 1. The van der Waals surface area contributed by atoms with Gasteiger partial charge in [-0.1, -0.05) is 6.07 Å². The molecule has 20 heavy (non-hydrogen) atoms. The first-order valence-corrected chi connectivity index (χ1v) is 6.73. The van der Waals surface area contributed by atoms with Gasteiger partial charge in [0.1, 0.15) is 17.2 Å². The topological polar surface area (TPSA) is 49.8 Å². The smallest absolute Gasteiger partial charge is 0.410 e. The van der Waals surface area contributed by atoms with E-state index in [2.05, 4.69) is 0 Å². The molecule has 0 aliphatic carbocycles. The molecule has 1 aromatic rings. The van der Waals surface area contributed by atoms with Gasteiger partial charge in [-0.05, 0) is 39.3 Å². The molecule has 110 valence electrons. The van der Waals surface area contributed by atoms with E-state index < -0.39 is 17.5 Å². The van der Waals surface area contributed by atoms with Crippen LogP contribution in [0, 0.1) is 5.82 Å². The molecule has 2 rings (SSSR count). The van der Waals surface area contributed by atoms with Crippen LogP contribution < -0.4 is 0 Å². The molecule has 1 N–H and O–H groups in total. The van der Waals surface area contributed by atoms with Gasteiger partial charge in [-0.25, -0.2) is 9.18 Å². The Hall–Kier alpha value is -1.78. The van der Waals surface area contributed by atoms with E-state index in [9.17, 15) is 14.3 Å². The maximum Gasteiger partial charge on any atom is 0.410 e. The zero-order chi connectivity index (χ0) is 14.9. The molecular weight excluding hydrogens is 261 g/mol. The van der Waals surface area contributed by atoms with Crippen molar-refractivity contribution in [3.05, 3.63) is 29.6 Å². The number of ether oxygens (including phenoxy) is 1. The van der Waals surface area contributed by atoms with Crippen molar-refractivity contribution >= 4 is 6.09 Å². The fourth-order valence-corrected chi connectivity index (χ4v) is 2.42. The molecule has 1 unspecified atom stereocenters. The second kappa shape index (κ2) is 5.31. The third-order valence-electron chi connectivity index (χ3n) is 3.28. The summed E-state index contributed by atoms with van der Waals surface area (Å²) >= 11 is 0.